The van der Waals surface area contributed by atoms with Gasteiger partial charge in [0.25, 0.3) is 0 Å². The Morgan fingerprint density at radius 2 is 1.95 bits per heavy atom. The fourth-order valence-corrected chi connectivity index (χ4v) is 2.39. The maximum absolute atomic E-state index is 9.93. The van der Waals surface area contributed by atoms with Crippen molar-refractivity contribution < 1.29 is 5.11 Å². The minimum atomic E-state index is -0.527. The highest BCUT2D eigenvalue weighted by molar-refractivity contribution is 5.39. The van der Waals surface area contributed by atoms with E-state index >= 15 is 0 Å². The SMILES string of the molecule is C=CC(O)C1=C(C#CCc2ccccc2)CCCC1. The Bertz CT molecular complexity index is 514. The van der Waals surface area contributed by atoms with Crippen molar-refractivity contribution in [3.8, 4) is 11.8 Å². The molecular formula is C18H20O. The minimum absolute atomic E-state index is 0.527. The van der Waals surface area contributed by atoms with E-state index in [1.807, 2.05) is 18.2 Å². The molecule has 1 atom stereocenters. The summed E-state index contributed by atoms with van der Waals surface area (Å²) >= 11 is 0. The lowest BCUT2D eigenvalue weighted by atomic mass is 9.88. The number of allylic oxidation sites excluding steroid dienone is 1. The summed E-state index contributed by atoms with van der Waals surface area (Å²) in [5.41, 5.74) is 3.42. The molecule has 0 radical (unpaired) electrons. The Morgan fingerprint density at radius 1 is 1.21 bits per heavy atom. The van der Waals surface area contributed by atoms with Gasteiger partial charge in [0.15, 0.2) is 0 Å². The summed E-state index contributed by atoms with van der Waals surface area (Å²) in [6.07, 6.45) is 6.08. The van der Waals surface area contributed by atoms with E-state index in [4.69, 9.17) is 0 Å². The van der Waals surface area contributed by atoms with Crippen molar-refractivity contribution in [2.24, 2.45) is 0 Å². The topological polar surface area (TPSA) is 20.2 Å². The monoisotopic (exact) mass is 252 g/mol. The molecule has 1 aromatic carbocycles. The number of benzene rings is 1. The molecule has 0 aliphatic heterocycles. The average molecular weight is 252 g/mol. The van der Waals surface area contributed by atoms with Crippen molar-refractivity contribution >= 4 is 0 Å². The van der Waals surface area contributed by atoms with E-state index in [-0.39, 0.29) is 0 Å². The Morgan fingerprint density at radius 3 is 2.68 bits per heavy atom. The van der Waals surface area contributed by atoms with Crippen LogP contribution in [0.25, 0.3) is 0 Å². The van der Waals surface area contributed by atoms with Crippen LogP contribution >= 0.6 is 0 Å². The summed E-state index contributed by atoms with van der Waals surface area (Å²) in [5.74, 6) is 6.48. The lowest BCUT2D eigenvalue weighted by Gasteiger charge is -2.19. The summed E-state index contributed by atoms with van der Waals surface area (Å²) in [4.78, 5) is 0. The van der Waals surface area contributed by atoms with Crippen molar-refractivity contribution in [1.82, 2.24) is 0 Å². The van der Waals surface area contributed by atoms with Crippen LogP contribution in [0.3, 0.4) is 0 Å². The molecule has 1 aromatic rings. The molecule has 0 fully saturated rings. The number of rotatable bonds is 3. The van der Waals surface area contributed by atoms with Gasteiger partial charge < -0.3 is 5.11 Å². The van der Waals surface area contributed by atoms with Crippen LogP contribution in [0, 0.1) is 11.8 Å². The third-order valence-corrected chi connectivity index (χ3v) is 3.47. The summed E-state index contributed by atoms with van der Waals surface area (Å²) in [5, 5.41) is 9.93. The quantitative estimate of drug-likeness (QED) is 0.643. The van der Waals surface area contributed by atoms with Crippen LogP contribution in [0.1, 0.15) is 31.2 Å². The normalized spacial score (nSPS) is 16.5. The van der Waals surface area contributed by atoms with E-state index in [2.05, 4.69) is 30.6 Å². The molecule has 1 aliphatic carbocycles. The first-order valence-corrected chi connectivity index (χ1v) is 6.86. The summed E-state index contributed by atoms with van der Waals surface area (Å²) in [7, 11) is 0. The fourth-order valence-electron chi connectivity index (χ4n) is 2.39. The van der Waals surface area contributed by atoms with E-state index in [0.29, 0.717) is 0 Å². The first kappa shape index (κ1) is 13.6. The summed E-state index contributed by atoms with van der Waals surface area (Å²) in [6, 6.07) is 10.2. The first-order chi connectivity index (χ1) is 9.31. The number of hydrogen-bond donors (Lipinski definition) is 1. The molecule has 1 N–H and O–H groups in total. The second kappa shape index (κ2) is 6.97. The van der Waals surface area contributed by atoms with Gasteiger partial charge in [-0.3, -0.25) is 0 Å². The van der Waals surface area contributed by atoms with Crippen molar-refractivity contribution in [2.75, 3.05) is 0 Å². The predicted octanol–water partition coefficient (Wildman–Crippen LogP) is 3.65. The Kier molecular flexibility index (Phi) is 5.01. The smallest absolute Gasteiger partial charge is 0.0941 e. The van der Waals surface area contributed by atoms with Gasteiger partial charge in [0.1, 0.15) is 0 Å². The van der Waals surface area contributed by atoms with Crippen molar-refractivity contribution in [3.05, 3.63) is 59.7 Å². The molecule has 19 heavy (non-hydrogen) atoms. The minimum Gasteiger partial charge on any atom is -0.385 e. The molecule has 0 aromatic heterocycles. The largest absolute Gasteiger partial charge is 0.385 e. The molecule has 1 heteroatoms. The first-order valence-electron chi connectivity index (χ1n) is 6.86. The molecule has 1 unspecified atom stereocenters. The fraction of sp³-hybridized carbons (Fsp3) is 0.333. The maximum atomic E-state index is 9.93. The molecule has 0 saturated heterocycles. The number of aliphatic hydroxyl groups excluding tert-OH is 1. The Hall–Kier alpha value is -1.78. The van der Waals surface area contributed by atoms with Gasteiger partial charge in [-0.05, 0) is 36.8 Å². The molecule has 98 valence electrons. The zero-order valence-corrected chi connectivity index (χ0v) is 11.2. The second-order valence-electron chi connectivity index (χ2n) is 4.86. The van der Waals surface area contributed by atoms with Crippen LogP contribution in [0.4, 0.5) is 0 Å². The highest BCUT2D eigenvalue weighted by Gasteiger charge is 2.15. The van der Waals surface area contributed by atoms with Crippen LogP contribution in [0.2, 0.25) is 0 Å². The van der Waals surface area contributed by atoms with Gasteiger partial charge in [0, 0.05) is 12.0 Å². The average Bonchev–Trinajstić information content (AvgIpc) is 2.48. The molecule has 0 heterocycles. The van der Waals surface area contributed by atoms with Gasteiger partial charge in [-0.1, -0.05) is 48.2 Å². The zero-order valence-electron chi connectivity index (χ0n) is 11.2. The van der Waals surface area contributed by atoms with Crippen molar-refractivity contribution in [3.63, 3.8) is 0 Å². The maximum Gasteiger partial charge on any atom is 0.0941 e. The Labute approximate surface area is 115 Å². The van der Waals surface area contributed by atoms with Crippen LogP contribution < -0.4 is 0 Å². The highest BCUT2D eigenvalue weighted by Crippen LogP contribution is 2.27. The molecule has 1 aliphatic rings. The van der Waals surface area contributed by atoms with Crippen molar-refractivity contribution in [1.29, 1.82) is 0 Å². The zero-order chi connectivity index (χ0) is 13.5. The highest BCUT2D eigenvalue weighted by atomic mass is 16.3. The Balaban J connectivity index is 2.12. The van der Waals surface area contributed by atoms with Gasteiger partial charge in [0.2, 0.25) is 0 Å². The van der Waals surface area contributed by atoms with Gasteiger partial charge in [-0.15, -0.1) is 6.58 Å². The molecular weight excluding hydrogens is 232 g/mol. The van der Waals surface area contributed by atoms with E-state index in [1.165, 1.54) is 12.0 Å². The number of hydrogen-bond acceptors (Lipinski definition) is 1. The molecule has 0 spiro atoms. The van der Waals surface area contributed by atoms with Gasteiger partial charge in [0.05, 0.1) is 6.10 Å². The lowest BCUT2D eigenvalue weighted by molar-refractivity contribution is 0.250. The van der Waals surface area contributed by atoms with Crippen LogP contribution in [0.5, 0.6) is 0 Å². The van der Waals surface area contributed by atoms with Crippen LogP contribution in [0.15, 0.2) is 54.1 Å². The molecule has 0 amide bonds. The standard InChI is InChI=1S/C18H20O/c1-2-18(19)17-14-7-6-12-16(17)13-8-11-15-9-4-3-5-10-15/h2-5,9-10,18-19H,1,6-7,11-12,14H2. The van der Waals surface area contributed by atoms with Crippen LogP contribution in [-0.2, 0) is 6.42 Å². The van der Waals surface area contributed by atoms with Gasteiger partial charge in [-0.25, -0.2) is 0 Å². The second-order valence-corrected chi connectivity index (χ2v) is 4.86. The van der Waals surface area contributed by atoms with E-state index in [0.717, 1.165) is 36.8 Å². The van der Waals surface area contributed by atoms with Crippen molar-refractivity contribution in [2.45, 2.75) is 38.2 Å². The number of aliphatic hydroxyl groups is 1. The van der Waals surface area contributed by atoms with Crippen LogP contribution in [-0.4, -0.2) is 11.2 Å². The summed E-state index contributed by atoms with van der Waals surface area (Å²) in [6.45, 7) is 3.67. The summed E-state index contributed by atoms with van der Waals surface area (Å²) < 4.78 is 0. The predicted molar refractivity (Wildman–Crippen MR) is 79.6 cm³/mol. The van der Waals surface area contributed by atoms with E-state index < -0.39 is 6.10 Å². The third kappa shape index (κ3) is 3.84. The molecule has 0 saturated carbocycles. The van der Waals surface area contributed by atoms with E-state index in [1.54, 1.807) is 6.08 Å². The molecule has 1 nitrogen and oxygen atoms in total. The van der Waals surface area contributed by atoms with E-state index in [9.17, 15) is 5.11 Å². The third-order valence-electron chi connectivity index (χ3n) is 3.47. The van der Waals surface area contributed by atoms with Gasteiger partial charge in [-0.2, -0.15) is 0 Å². The lowest BCUT2D eigenvalue weighted by Crippen LogP contribution is -2.12. The molecule has 0 bridgehead atoms. The molecule has 2 rings (SSSR count). The van der Waals surface area contributed by atoms with Gasteiger partial charge >= 0.3 is 0 Å².